The zero-order chi connectivity index (χ0) is 11.4. The third-order valence-electron chi connectivity index (χ3n) is 3.34. The third kappa shape index (κ3) is 2.97. The molecule has 2 heteroatoms. The standard InChI is InChI=1S/C14H20FN/c1-11-8-9-13(15)14(10-11)16-12-6-4-2-3-5-7-12/h8-10,12,16H,2-7H2,1H3. The van der Waals surface area contributed by atoms with Gasteiger partial charge in [-0.15, -0.1) is 0 Å². The molecular weight excluding hydrogens is 201 g/mol. The van der Waals surface area contributed by atoms with Gasteiger partial charge < -0.3 is 5.32 Å². The number of hydrogen-bond acceptors (Lipinski definition) is 1. The van der Waals surface area contributed by atoms with Crippen molar-refractivity contribution in [3.05, 3.63) is 29.6 Å². The summed E-state index contributed by atoms with van der Waals surface area (Å²) in [5.41, 5.74) is 1.78. The Labute approximate surface area is 97.1 Å². The lowest BCUT2D eigenvalue weighted by Gasteiger charge is -2.18. The Hall–Kier alpha value is -1.05. The third-order valence-corrected chi connectivity index (χ3v) is 3.34. The highest BCUT2D eigenvalue weighted by Crippen LogP contribution is 2.23. The molecule has 0 atom stereocenters. The zero-order valence-electron chi connectivity index (χ0n) is 9.93. The zero-order valence-corrected chi connectivity index (χ0v) is 9.93. The van der Waals surface area contributed by atoms with Gasteiger partial charge >= 0.3 is 0 Å². The highest BCUT2D eigenvalue weighted by atomic mass is 19.1. The monoisotopic (exact) mass is 221 g/mol. The summed E-state index contributed by atoms with van der Waals surface area (Å²) in [7, 11) is 0. The summed E-state index contributed by atoms with van der Waals surface area (Å²) in [6, 6.07) is 5.72. The van der Waals surface area contributed by atoms with E-state index in [0.717, 1.165) is 5.56 Å². The van der Waals surface area contributed by atoms with Gasteiger partial charge in [0.05, 0.1) is 5.69 Å². The second kappa shape index (κ2) is 5.33. The molecule has 1 fully saturated rings. The van der Waals surface area contributed by atoms with E-state index < -0.39 is 0 Å². The van der Waals surface area contributed by atoms with Gasteiger partial charge in [-0.3, -0.25) is 0 Å². The van der Waals surface area contributed by atoms with Crippen molar-refractivity contribution < 1.29 is 4.39 Å². The van der Waals surface area contributed by atoms with Crippen LogP contribution < -0.4 is 5.32 Å². The molecule has 1 aliphatic rings. The van der Waals surface area contributed by atoms with E-state index in [0.29, 0.717) is 11.7 Å². The van der Waals surface area contributed by atoms with Crippen molar-refractivity contribution in [3.8, 4) is 0 Å². The molecule has 0 aromatic heterocycles. The minimum absolute atomic E-state index is 0.130. The molecule has 0 amide bonds. The van der Waals surface area contributed by atoms with E-state index in [4.69, 9.17) is 0 Å². The predicted octanol–water partition coefficient (Wildman–Crippen LogP) is 4.27. The summed E-state index contributed by atoms with van der Waals surface area (Å²) in [5.74, 6) is -0.130. The molecule has 0 spiro atoms. The first-order valence-electron chi connectivity index (χ1n) is 6.28. The molecule has 0 unspecified atom stereocenters. The summed E-state index contributed by atoms with van der Waals surface area (Å²) in [5, 5.41) is 3.35. The van der Waals surface area contributed by atoms with Crippen LogP contribution in [0.15, 0.2) is 18.2 Å². The van der Waals surface area contributed by atoms with Crippen LogP contribution >= 0.6 is 0 Å². The smallest absolute Gasteiger partial charge is 0.146 e. The van der Waals surface area contributed by atoms with Gasteiger partial charge in [0.25, 0.3) is 0 Å². The van der Waals surface area contributed by atoms with Gasteiger partial charge in [-0.2, -0.15) is 0 Å². The lowest BCUT2D eigenvalue weighted by atomic mass is 10.1. The fraction of sp³-hybridized carbons (Fsp3) is 0.571. The lowest BCUT2D eigenvalue weighted by molar-refractivity contribution is 0.597. The van der Waals surface area contributed by atoms with E-state index in [1.807, 2.05) is 19.1 Å². The molecule has 1 aromatic rings. The van der Waals surface area contributed by atoms with Gasteiger partial charge in [-0.05, 0) is 37.5 Å². The summed E-state index contributed by atoms with van der Waals surface area (Å²) in [6.07, 6.45) is 7.54. The molecular formula is C14H20FN. The number of halogens is 1. The first kappa shape index (κ1) is 11.4. The van der Waals surface area contributed by atoms with Crippen LogP contribution in [-0.4, -0.2) is 6.04 Å². The Kier molecular flexibility index (Phi) is 3.81. The predicted molar refractivity (Wildman–Crippen MR) is 66.2 cm³/mol. The number of rotatable bonds is 2. The topological polar surface area (TPSA) is 12.0 Å². The molecule has 0 aliphatic heterocycles. The lowest BCUT2D eigenvalue weighted by Crippen LogP contribution is -2.19. The Balaban J connectivity index is 2.04. The number of aryl methyl sites for hydroxylation is 1. The van der Waals surface area contributed by atoms with Crippen molar-refractivity contribution in [1.82, 2.24) is 0 Å². The van der Waals surface area contributed by atoms with E-state index in [1.54, 1.807) is 6.07 Å². The Morgan fingerprint density at radius 2 is 1.81 bits per heavy atom. The van der Waals surface area contributed by atoms with Crippen LogP contribution in [0.4, 0.5) is 10.1 Å². The summed E-state index contributed by atoms with van der Waals surface area (Å²) in [6.45, 7) is 2.00. The molecule has 1 N–H and O–H groups in total. The SMILES string of the molecule is Cc1ccc(F)c(NC2CCCCCC2)c1. The van der Waals surface area contributed by atoms with Crippen LogP contribution in [0.25, 0.3) is 0 Å². The minimum Gasteiger partial charge on any atom is -0.380 e. The largest absolute Gasteiger partial charge is 0.380 e. The average Bonchev–Trinajstić information content (AvgIpc) is 2.52. The van der Waals surface area contributed by atoms with Crippen LogP contribution in [-0.2, 0) is 0 Å². The van der Waals surface area contributed by atoms with Crippen molar-refractivity contribution in [2.45, 2.75) is 51.5 Å². The van der Waals surface area contributed by atoms with Crippen LogP contribution in [0.1, 0.15) is 44.1 Å². The van der Waals surface area contributed by atoms with Gasteiger partial charge in [0.2, 0.25) is 0 Å². The number of nitrogens with one attached hydrogen (secondary N) is 1. The first-order valence-corrected chi connectivity index (χ1v) is 6.28. The fourth-order valence-corrected chi connectivity index (χ4v) is 2.39. The van der Waals surface area contributed by atoms with Crippen LogP contribution in [0.2, 0.25) is 0 Å². The number of hydrogen-bond donors (Lipinski definition) is 1. The normalized spacial score (nSPS) is 18.1. The summed E-state index contributed by atoms with van der Waals surface area (Å²) < 4.78 is 13.6. The summed E-state index contributed by atoms with van der Waals surface area (Å²) in [4.78, 5) is 0. The highest BCUT2D eigenvalue weighted by Gasteiger charge is 2.13. The average molecular weight is 221 g/mol. The van der Waals surface area contributed by atoms with Crippen LogP contribution in [0.5, 0.6) is 0 Å². The van der Waals surface area contributed by atoms with Crippen molar-refractivity contribution in [1.29, 1.82) is 0 Å². The molecule has 0 radical (unpaired) electrons. The maximum Gasteiger partial charge on any atom is 0.146 e. The minimum atomic E-state index is -0.130. The van der Waals surface area contributed by atoms with Crippen molar-refractivity contribution in [3.63, 3.8) is 0 Å². The van der Waals surface area contributed by atoms with Crippen LogP contribution in [0.3, 0.4) is 0 Å². The van der Waals surface area contributed by atoms with Crippen molar-refractivity contribution in [2.24, 2.45) is 0 Å². The molecule has 88 valence electrons. The highest BCUT2D eigenvalue weighted by molar-refractivity contribution is 5.47. The quantitative estimate of drug-likeness (QED) is 0.735. The molecule has 1 saturated carbocycles. The fourth-order valence-electron chi connectivity index (χ4n) is 2.39. The molecule has 1 aliphatic carbocycles. The summed E-state index contributed by atoms with van der Waals surface area (Å²) >= 11 is 0. The van der Waals surface area contributed by atoms with E-state index in [2.05, 4.69) is 5.32 Å². The van der Waals surface area contributed by atoms with E-state index >= 15 is 0 Å². The second-order valence-electron chi connectivity index (χ2n) is 4.82. The van der Waals surface area contributed by atoms with Gasteiger partial charge in [0.15, 0.2) is 0 Å². The first-order chi connectivity index (χ1) is 7.75. The molecule has 0 saturated heterocycles. The maximum atomic E-state index is 13.6. The van der Waals surface area contributed by atoms with Gasteiger partial charge in [-0.1, -0.05) is 31.7 Å². The Morgan fingerprint density at radius 3 is 2.50 bits per heavy atom. The van der Waals surface area contributed by atoms with Crippen molar-refractivity contribution >= 4 is 5.69 Å². The van der Waals surface area contributed by atoms with E-state index in [-0.39, 0.29) is 5.82 Å². The molecule has 1 nitrogen and oxygen atoms in total. The molecule has 0 heterocycles. The number of anilines is 1. The maximum absolute atomic E-state index is 13.6. The second-order valence-corrected chi connectivity index (χ2v) is 4.82. The molecule has 16 heavy (non-hydrogen) atoms. The Morgan fingerprint density at radius 1 is 1.12 bits per heavy atom. The van der Waals surface area contributed by atoms with Crippen LogP contribution in [0, 0.1) is 12.7 Å². The molecule has 0 bridgehead atoms. The van der Waals surface area contributed by atoms with E-state index in [1.165, 1.54) is 38.5 Å². The van der Waals surface area contributed by atoms with Gasteiger partial charge in [0.1, 0.15) is 5.82 Å². The molecule has 1 aromatic carbocycles. The van der Waals surface area contributed by atoms with Gasteiger partial charge in [0, 0.05) is 6.04 Å². The molecule has 2 rings (SSSR count). The Bertz CT molecular complexity index is 341. The van der Waals surface area contributed by atoms with Gasteiger partial charge in [-0.25, -0.2) is 4.39 Å². The number of benzene rings is 1. The van der Waals surface area contributed by atoms with Crippen molar-refractivity contribution in [2.75, 3.05) is 5.32 Å². The van der Waals surface area contributed by atoms with E-state index in [9.17, 15) is 4.39 Å².